The number of carbonyl (C=O) groups excluding carboxylic acids is 1. The molecule has 4 heteroatoms. The number of aliphatic hydroxyl groups is 1. The molecule has 0 saturated carbocycles. The van der Waals surface area contributed by atoms with E-state index in [1.165, 1.54) is 0 Å². The molecule has 0 aromatic carbocycles. The number of amides is 1. The summed E-state index contributed by atoms with van der Waals surface area (Å²) in [7, 11) is 0. The zero-order valence-corrected chi connectivity index (χ0v) is 11.5. The van der Waals surface area contributed by atoms with E-state index in [4.69, 9.17) is 4.74 Å². The zero-order chi connectivity index (χ0) is 13.1. The molecule has 1 amide bonds. The summed E-state index contributed by atoms with van der Waals surface area (Å²) < 4.78 is 5.61. The topological polar surface area (TPSA) is 49.8 Å². The van der Waals surface area contributed by atoms with Crippen LogP contribution in [0, 0.1) is 5.92 Å². The third-order valence-corrected chi connectivity index (χ3v) is 4.20. The summed E-state index contributed by atoms with van der Waals surface area (Å²) in [5.41, 5.74) is 0. The lowest BCUT2D eigenvalue weighted by Gasteiger charge is -2.29. The first-order chi connectivity index (χ1) is 8.63. The molecule has 0 aromatic rings. The van der Waals surface area contributed by atoms with Gasteiger partial charge in [-0.25, -0.2) is 0 Å². The molecule has 18 heavy (non-hydrogen) atoms. The fraction of sp³-hybridized carbons (Fsp3) is 0.929. The van der Waals surface area contributed by atoms with Gasteiger partial charge in [0.25, 0.3) is 0 Å². The fourth-order valence-electron chi connectivity index (χ4n) is 3.31. The third kappa shape index (κ3) is 2.86. The maximum atomic E-state index is 12.6. The molecule has 0 spiro atoms. The highest BCUT2D eigenvalue weighted by molar-refractivity contribution is 5.80. The number of ether oxygens (including phenoxy) is 1. The Balaban J connectivity index is 1.99. The van der Waals surface area contributed by atoms with Gasteiger partial charge >= 0.3 is 0 Å². The molecule has 104 valence electrons. The SMILES string of the molecule is CCC1OCCC1C(=O)N1CCCC1CC(C)O. The van der Waals surface area contributed by atoms with E-state index >= 15 is 0 Å². The highest BCUT2D eigenvalue weighted by atomic mass is 16.5. The van der Waals surface area contributed by atoms with Crippen LogP contribution in [0.2, 0.25) is 0 Å². The first-order valence-electron chi connectivity index (χ1n) is 7.23. The van der Waals surface area contributed by atoms with Gasteiger partial charge in [0.2, 0.25) is 5.91 Å². The average molecular weight is 255 g/mol. The number of carbonyl (C=O) groups is 1. The Labute approximate surface area is 109 Å². The molecule has 4 nitrogen and oxygen atoms in total. The quantitative estimate of drug-likeness (QED) is 0.829. The van der Waals surface area contributed by atoms with Gasteiger partial charge in [-0.1, -0.05) is 6.92 Å². The van der Waals surface area contributed by atoms with E-state index in [-0.39, 0.29) is 30.1 Å². The predicted molar refractivity (Wildman–Crippen MR) is 69.2 cm³/mol. The van der Waals surface area contributed by atoms with Crippen molar-refractivity contribution in [2.75, 3.05) is 13.2 Å². The normalized spacial score (nSPS) is 33.9. The summed E-state index contributed by atoms with van der Waals surface area (Å²) in [5, 5.41) is 9.51. The second kappa shape index (κ2) is 6.02. The lowest BCUT2D eigenvalue weighted by atomic mass is 9.97. The van der Waals surface area contributed by atoms with Gasteiger partial charge in [-0.2, -0.15) is 0 Å². The Kier molecular flexibility index (Phi) is 4.62. The van der Waals surface area contributed by atoms with E-state index in [0.717, 1.165) is 32.2 Å². The second-order valence-corrected chi connectivity index (χ2v) is 5.63. The van der Waals surface area contributed by atoms with Crippen LogP contribution >= 0.6 is 0 Å². The van der Waals surface area contributed by atoms with Gasteiger partial charge in [0.05, 0.1) is 18.1 Å². The molecule has 0 aliphatic carbocycles. The molecule has 2 rings (SSSR count). The minimum atomic E-state index is -0.329. The lowest BCUT2D eigenvalue weighted by Crippen LogP contribution is -2.43. The fourth-order valence-corrected chi connectivity index (χ4v) is 3.31. The van der Waals surface area contributed by atoms with Gasteiger partial charge in [-0.15, -0.1) is 0 Å². The monoisotopic (exact) mass is 255 g/mol. The minimum Gasteiger partial charge on any atom is -0.393 e. The number of hydrogen-bond donors (Lipinski definition) is 1. The van der Waals surface area contributed by atoms with Gasteiger partial charge in [0.1, 0.15) is 0 Å². The summed E-state index contributed by atoms with van der Waals surface area (Å²) in [6, 6.07) is 0.232. The van der Waals surface area contributed by atoms with E-state index in [1.54, 1.807) is 6.92 Å². The molecule has 0 radical (unpaired) electrons. The Morgan fingerprint density at radius 3 is 2.94 bits per heavy atom. The van der Waals surface area contributed by atoms with Gasteiger partial charge < -0.3 is 14.7 Å². The number of likely N-dealkylation sites (tertiary alicyclic amines) is 1. The van der Waals surface area contributed by atoms with Crippen molar-refractivity contribution in [3.63, 3.8) is 0 Å². The first-order valence-corrected chi connectivity index (χ1v) is 7.23. The van der Waals surface area contributed by atoms with Crippen LogP contribution in [0.4, 0.5) is 0 Å². The molecule has 2 fully saturated rings. The Morgan fingerprint density at radius 1 is 1.50 bits per heavy atom. The molecule has 0 aromatic heterocycles. The van der Waals surface area contributed by atoms with E-state index < -0.39 is 0 Å². The van der Waals surface area contributed by atoms with Gasteiger partial charge in [0.15, 0.2) is 0 Å². The standard InChI is InChI=1S/C14H25NO3/c1-3-13-12(6-8-18-13)14(17)15-7-4-5-11(15)9-10(2)16/h10-13,16H,3-9H2,1-2H3. The smallest absolute Gasteiger partial charge is 0.228 e. The van der Waals surface area contributed by atoms with Crippen LogP contribution in [-0.4, -0.2) is 47.3 Å². The van der Waals surface area contributed by atoms with Crippen LogP contribution in [0.5, 0.6) is 0 Å². The molecule has 1 N–H and O–H groups in total. The largest absolute Gasteiger partial charge is 0.393 e. The summed E-state index contributed by atoms with van der Waals surface area (Å²) in [4.78, 5) is 14.6. The molecule has 2 aliphatic heterocycles. The van der Waals surface area contributed by atoms with Gasteiger partial charge in [-0.3, -0.25) is 4.79 Å². The lowest BCUT2D eigenvalue weighted by molar-refractivity contribution is -0.138. The van der Waals surface area contributed by atoms with Crippen LogP contribution < -0.4 is 0 Å². The molecule has 0 bridgehead atoms. The van der Waals surface area contributed by atoms with Crippen LogP contribution in [0.3, 0.4) is 0 Å². The third-order valence-electron chi connectivity index (χ3n) is 4.20. The molecule has 4 atom stereocenters. The maximum absolute atomic E-state index is 12.6. The highest BCUT2D eigenvalue weighted by Crippen LogP contribution is 2.30. The van der Waals surface area contributed by atoms with Crippen molar-refractivity contribution in [1.82, 2.24) is 4.90 Å². The van der Waals surface area contributed by atoms with E-state index in [0.29, 0.717) is 13.0 Å². The van der Waals surface area contributed by atoms with Gasteiger partial charge in [-0.05, 0) is 39.0 Å². The summed E-state index contributed by atoms with van der Waals surface area (Å²) in [5.74, 6) is 0.298. The summed E-state index contributed by atoms with van der Waals surface area (Å²) in [6.45, 7) is 5.44. The van der Waals surface area contributed by atoms with Gasteiger partial charge in [0, 0.05) is 19.2 Å². The van der Waals surface area contributed by atoms with E-state index in [2.05, 4.69) is 6.92 Å². The number of nitrogens with zero attached hydrogens (tertiary/aromatic N) is 1. The predicted octanol–water partition coefficient (Wildman–Crippen LogP) is 1.56. The van der Waals surface area contributed by atoms with Crippen LogP contribution in [0.25, 0.3) is 0 Å². The molecule has 2 saturated heterocycles. The first kappa shape index (κ1) is 13.8. The minimum absolute atomic E-state index is 0.0459. The van der Waals surface area contributed by atoms with Crippen molar-refractivity contribution in [3.8, 4) is 0 Å². The zero-order valence-electron chi connectivity index (χ0n) is 11.5. The number of aliphatic hydroxyl groups excluding tert-OH is 1. The Hall–Kier alpha value is -0.610. The van der Waals surface area contributed by atoms with Crippen molar-refractivity contribution < 1.29 is 14.6 Å². The van der Waals surface area contributed by atoms with Crippen molar-refractivity contribution in [3.05, 3.63) is 0 Å². The second-order valence-electron chi connectivity index (χ2n) is 5.63. The van der Waals surface area contributed by atoms with E-state index in [1.807, 2.05) is 4.90 Å². The Bertz CT molecular complexity index is 293. The molecule has 4 unspecified atom stereocenters. The maximum Gasteiger partial charge on any atom is 0.228 e. The highest BCUT2D eigenvalue weighted by Gasteiger charge is 2.39. The van der Waals surface area contributed by atoms with Crippen molar-refractivity contribution in [2.24, 2.45) is 5.92 Å². The van der Waals surface area contributed by atoms with E-state index in [9.17, 15) is 9.90 Å². The summed E-state index contributed by atoms with van der Waals surface area (Å²) >= 11 is 0. The Morgan fingerprint density at radius 2 is 2.28 bits per heavy atom. The van der Waals surface area contributed by atoms with Crippen molar-refractivity contribution in [2.45, 2.75) is 64.2 Å². The summed E-state index contributed by atoms with van der Waals surface area (Å²) in [6.07, 6.45) is 4.33. The van der Waals surface area contributed by atoms with Crippen LogP contribution in [0.15, 0.2) is 0 Å². The molecule has 2 heterocycles. The molecular formula is C14H25NO3. The molecule has 2 aliphatic rings. The average Bonchev–Trinajstić information content (AvgIpc) is 2.95. The number of rotatable bonds is 4. The van der Waals surface area contributed by atoms with Crippen LogP contribution in [-0.2, 0) is 9.53 Å². The van der Waals surface area contributed by atoms with Crippen LogP contribution in [0.1, 0.15) is 46.0 Å². The van der Waals surface area contributed by atoms with Crippen molar-refractivity contribution >= 4 is 5.91 Å². The molecular weight excluding hydrogens is 230 g/mol. The number of hydrogen-bond acceptors (Lipinski definition) is 3. The van der Waals surface area contributed by atoms with Crippen molar-refractivity contribution in [1.29, 1.82) is 0 Å².